The molecule has 1 amide bonds. The fourth-order valence-corrected chi connectivity index (χ4v) is 4.15. The van der Waals surface area contributed by atoms with E-state index >= 15 is 0 Å². The van der Waals surface area contributed by atoms with E-state index in [1.165, 1.54) is 11.1 Å². The van der Waals surface area contributed by atoms with Gasteiger partial charge in [0.15, 0.2) is 18.5 Å². The second-order valence-electron chi connectivity index (χ2n) is 9.29. The zero-order chi connectivity index (χ0) is 29.0. The Morgan fingerprint density at radius 2 is 1.55 bits per heavy atom. The number of aliphatic hydroxyl groups excluding tert-OH is 3. The van der Waals surface area contributed by atoms with Crippen LogP contribution in [0.4, 0.5) is 0 Å². The Morgan fingerprint density at radius 1 is 0.974 bits per heavy atom. The smallest absolute Gasteiger partial charge is 0.474 e. The van der Waals surface area contributed by atoms with Crippen LogP contribution in [-0.4, -0.2) is 87.2 Å². The van der Waals surface area contributed by atoms with Crippen molar-refractivity contribution in [2.45, 2.75) is 90.2 Å². The van der Waals surface area contributed by atoms with E-state index in [0.29, 0.717) is 0 Å². The van der Waals surface area contributed by atoms with Crippen LogP contribution in [0.25, 0.3) is 0 Å². The first kappa shape index (κ1) is 34.1. The molecule has 1 heterocycles. The first-order chi connectivity index (χ1) is 17.6. The van der Waals surface area contributed by atoms with Crippen molar-refractivity contribution < 1.29 is 58.0 Å². The second kappa shape index (κ2) is 16.2. The minimum atomic E-state index is -5.08. The van der Waals surface area contributed by atoms with Crippen LogP contribution in [0.2, 0.25) is 0 Å². The van der Waals surface area contributed by atoms with Gasteiger partial charge < -0.3 is 40.5 Å². The number of hydrogen-bond donors (Lipinski definition) is 6. The number of carboxylic acid groups (broad SMARTS) is 1. The van der Waals surface area contributed by atoms with E-state index in [-0.39, 0.29) is 6.61 Å². The number of amides is 1. The number of carboxylic acids is 1. The van der Waals surface area contributed by atoms with E-state index in [1.54, 1.807) is 6.08 Å². The summed E-state index contributed by atoms with van der Waals surface area (Å²) in [6, 6.07) is 0. The van der Waals surface area contributed by atoms with Gasteiger partial charge in [0.05, 0.1) is 13.2 Å². The molecular weight excluding hydrogens is 525 g/mol. The first-order valence-electron chi connectivity index (χ1n) is 12.1. The number of rotatable bonds is 16. The number of aliphatic hydroxyl groups is 3. The number of primary amides is 1. The molecule has 218 valence electrons. The quantitative estimate of drug-likeness (QED) is 0.115. The van der Waals surface area contributed by atoms with Gasteiger partial charge in [0.2, 0.25) is 5.91 Å². The predicted molar refractivity (Wildman–Crippen MR) is 136 cm³/mol. The maximum atomic E-state index is 12.3. The zero-order valence-electron chi connectivity index (χ0n) is 22.1. The molecule has 0 radical (unpaired) electrons. The lowest BCUT2D eigenvalue weighted by molar-refractivity contribution is -0.270. The molecule has 1 aliphatic rings. The summed E-state index contributed by atoms with van der Waals surface area (Å²) < 4.78 is 31.7. The molecule has 7 atom stereocenters. The Bertz CT molecular complexity index is 929. The molecule has 0 aromatic rings. The summed E-state index contributed by atoms with van der Waals surface area (Å²) in [5.74, 6) is -2.69. The highest BCUT2D eigenvalue weighted by Crippen LogP contribution is 2.46. The number of phosphoric acid groups is 1. The normalized spacial score (nSPS) is 26.9. The van der Waals surface area contributed by atoms with E-state index in [0.717, 1.165) is 31.3 Å². The molecule has 0 bridgehead atoms. The van der Waals surface area contributed by atoms with Gasteiger partial charge in [0.25, 0.3) is 0 Å². The molecule has 0 aromatic heterocycles. The third-order valence-electron chi connectivity index (χ3n) is 5.60. The molecule has 5 unspecified atom stereocenters. The number of allylic oxidation sites excluding steroid dienone is 5. The van der Waals surface area contributed by atoms with Crippen LogP contribution in [0, 0.1) is 0 Å². The minimum Gasteiger partial charge on any atom is -0.479 e. The highest BCUT2D eigenvalue weighted by Gasteiger charge is 2.49. The van der Waals surface area contributed by atoms with Crippen LogP contribution in [0.15, 0.2) is 34.9 Å². The van der Waals surface area contributed by atoms with Crippen molar-refractivity contribution >= 4 is 19.7 Å². The summed E-state index contributed by atoms with van der Waals surface area (Å²) in [4.78, 5) is 32.7. The van der Waals surface area contributed by atoms with Crippen molar-refractivity contribution in [2.24, 2.45) is 5.73 Å². The van der Waals surface area contributed by atoms with Crippen LogP contribution in [0.5, 0.6) is 0 Å². The SMILES string of the molecule is CC(C)=CCC/C(C)=C/CC/C(C)=C\COC(COP(=O)(O)OC1OC(C(N)=O)C(O)[C@H](O)[C@@H]1O)C(=O)O. The van der Waals surface area contributed by atoms with E-state index in [2.05, 4.69) is 42.0 Å². The van der Waals surface area contributed by atoms with Crippen molar-refractivity contribution in [3.8, 4) is 0 Å². The van der Waals surface area contributed by atoms with Gasteiger partial charge in [-0.15, -0.1) is 0 Å². The van der Waals surface area contributed by atoms with E-state index < -0.39 is 63.1 Å². The van der Waals surface area contributed by atoms with Gasteiger partial charge in [-0.25, -0.2) is 9.36 Å². The maximum Gasteiger partial charge on any atom is 0.474 e. The summed E-state index contributed by atoms with van der Waals surface area (Å²) in [6.45, 7) is 7.07. The number of hydrogen-bond acceptors (Lipinski definition) is 10. The van der Waals surface area contributed by atoms with Gasteiger partial charge in [0, 0.05) is 0 Å². The molecule has 0 aliphatic carbocycles. The van der Waals surface area contributed by atoms with Crippen LogP contribution in [0.3, 0.4) is 0 Å². The Kier molecular flexibility index (Phi) is 14.6. The van der Waals surface area contributed by atoms with Crippen LogP contribution < -0.4 is 5.73 Å². The van der Waals surface area contributed by atoms with Gasteiger partial charge >= 0.3 is 13.8 Å². The summed E-state index contributed by atoms with van der Waals surface area (Å²) in [5, 5.41) is 38.8. The number of phosphoric ester groups is 1. The van der Waals surface area contributed by atoms with Gasteiger partial charge in [-0.3, -0.25) is 13.8 Å². The Labute approximate surface area is 222 Å². The highest BCUT2D eigenvalue weighted by molar-refractivity contribution is 7.47. The third kappa shape index (κ3) is 12.3. The fourth-order valence-electron chi connectivity index (χ4n) is 3.33. The van der Waals surface area contributed by atoms with Crippen LogP contribution in [0.1, 0.15) is 53.4 Å². The summed E-state index contributed by atoms with van der Waals surface area (Å²) in [6.07, 6.45) is -1.93. The van der Waals surface area contributed by atoms with Gasteiger partial charge in [-0.05, 0) is 53.4 Å². The molecule has 1 rings (SSSR count). The zero-order valence-corrected chi connectivity index (χ0v) is 23.0. The molecule has 38 heavy (non-hydrogen) atoms. The molecule has 14 heteroatoms. The third-order valence-corrected chi connectivity index (χ3v) is 6.55. The maximum absolute atomic E-state index is 12.3. The number of carbonyl (C=O) groups is 2. The summed E-state index contributed by atoms with van der Waals surface area (Å²) >= 11 is 0. The fraction of sp³-hybridized carbons (Fsp3) is 0.667. The molecule has 0 spiro atoms. The topological polar surface area (TPSA) is 215 Å². The van der Waals surface area contributed by atoms with E-state index in [4.69, 9.17) is 15.2 Å². The molecule has 0 saturated carbocycles. The van der Waals surface area contributed by atoms with E-state index in [1.807, 2.05) is 6.92 Å². The van der Waals surface area contributed by atoms with Crippen molar-refractivity contribution in [1.82, 2.24) is 0 Å². The number of nitrogens with two attached hydrogens (primary N) is 1. The molecule has 0 aromatic carbocycles. The predicted octanol–water partition coefficient (Wildman–Crippen LogP) is 1.30. The van der Waals surface area contributed by atoms with Crippen molar-refractivity contribution in [2.75, 3.05) is 13.2 Å². The average molecular weight is 566 g/mol. The van der Waals surface area contributed by atoms with Crippen molar-refractivity contribution in [1.29, 1.82) is 0 Å². The summed E-state index contributed by atoms with van der Waals surface area (Å²) in [5.41, 5.74) is 8.57. The molecule has 13 nitrogen and oxygen atoms in total. The molecule has 1 saturated heterocycles. The highest BCUT2D eigenvalue weighted by atomic mass is 31.2. The standard InChI is InChI=1S/C24H40NO12P/c1-14(2)7-5-8-15(3)9-6-10-16(4)11-12-34-17(23(30)31)13-35-38(32,33)37-24-20(28)18(26)19(27)21(36-24)22(25)29/h7,9,11,17-21,24,26-28H,5-6,8,10,12-13H2,1-4H3,(H2,25,29)(H,30,31)(H,32,33)/b15-9+,16-11-/t17?,18-,19?,20-,21?,24?/m0/s1. The molecule has 1 aliphatic heterocycles. The lowest BCUT2D eigenvalue weighted by atomic mass is 9.99. The van der Waals surface area contributed by atoms with Crippen molar-refractivity contribution in [3.63, 3.8) is 0 Å². The monoisotopic (exact) mass is 565 g/mol. The second-order valence-corrected chi connectivity index (χ2v) is 10.7. The Balaban J connectivity index is 2.57. The largest absolute Gasteiger partial charge is 0.479 e. The molecule has 1 fully saturated rings. The average Bonchev–Trinajstić information content (AvgIpc) is 2.80. The molecule has 7 N–H and O–H groups in total. The van der Waals surface area contributed by atoms with Crippen LogP contribution >= 0.6 is 7.82 Å². The summed E-state index contributed by atoms with van der Waals surface area (Å²) in [7, 11) is -5.08. The van der Waals surface area contributed by atoms with E-state index in [9.17, 15) is 39.5 Å². The Morgan fingerprint density at radius 3 is 2.11 bits per heavy atom. The minimum absolute atomic E-state index is 0.0964. The van der Waals surface area contributed by atoms with Gasteiger partial charge in [-0.2, -0.15) is 0 Å². The Hall–Kier alpha value is -1.93. The lowest BCUT2D eigenvalue weighted by Crippen LogP contribution is -2.61. The molecular formula is C24H40NO12P. The van der Waals surface area contributed by atoms with Gasteiger partial charge in [-0.1, -0.05) is 34.9 Å². The van der Waals surface area contributed by atoms with Gasteiger partial charge in [0.1, 0.15) is 18.3 Å². The number of carbonyl (C=O) groups excluding carboxylic acids is 1. The first-order valence-corrected chi connectivity index (χ1v) is 13.6. The lowest BCUT2D eigenvalue weighted by Gasteiger charge is -2.38. The van der Waals surface area contributed by atoms with Crippen molar-refractivity contribution in [3.05, 3.63) is 34.9 Å². The number of aliphatic carboxylic acids is 1. The van der Waals surface area contributed by atoms with Crippen LogP contribution in [-0.2, 0) is 32.7 Å². The number of ether oxygens (including phenoxy) is 2.